The predicted molar refractivity (Wildman–Crippen MR) is 68.1 cm³/mol. The molecule has 0 radical (unpaired) electrons. The van der Waals surface area contributed by atoms with Crippen LogP contribution in [0, 0.1) is 0 Å². The molecule has 4 nitrogen and oxygen atoms in total. The summed E-state index contributed by atoms with van der Waals surface area (Å²) < 4.78 is 11.3. The number of likely N-dealkylation sites (tertiary alicyclic amines) is 1. The lowest BCUT2D eigenvalue weighted by molar-refractivity contribution is -0.119. The highest BCUT2D eigenvalue weighted by molar-refractivity contribution is 4.75. The highest BCUT2D eigenvalue weighted by Crippen LogP contribution is 2.16. The van der Waals surface area contributed by atoms with Gasteiger partial charge < -0.3 is 9.47 Å². The van der Waals surface area contributed by atoms with Crippen LogP contribution in [-0.4, -0.2) is 68.6 Å². The first kappa shape index (κ1) is 13.3. The maximum atomic E-state index is 5.90. The van der Waals surface area contributed by atoms with E-state index in [1.54, 1.807) is 0 Å². The van der Waals surface area contributed by atoms with Crippen molar-refractivity contribution in [2.75, 3.05) is 52.5 Å². The van der Waals surface area contributed by atoms with Gasteiger partial charge in [-0.25, -0.2) is 0 Å². The summed E-state index contributed by atoms with van der Waals surface area (Å²) in [4.78, 5) is 4.98. The van der Waals surface area contributed by atoms with Gasteiger partial charge in [0.15, 0.2) is 0 Å². The van der Waals surface area contributed by atoms with Crippen LogP contribution in [0.1, 0.15) is 26.2 Å². The molecule has 0 aliphatic carbocycles. The Balaban J connectivity index is 1.71. The van der Waals surface area contributed by atoms with E-state index in [-0.39, 0.29) is 0 Å². The molecule has 100 valence electrons. The van der Waals surface area contributed by atoms with E-state index in [2.05, 4.69) is 16.7 Å². The van der Waals surface area contributed by atoms with Crippen molar-refractivity contribution in [3.8, 4) is 0 Å². The normalized spacial score (nSPS) is 28.4. The molecule has 2 aliphatic heterocycles. The zero-order chi connectivity index (χ0) is 11.9. The Morgan fingerprint density at radius 1 is 1.18 bits per heavy atom. The first-order valence-electron chi connectivity index (χ1n) is 7.06. The van der Waals surface area contributed by atoms with E-state index in [9.17, 15) is 0 Å². The van der Waals surface area contributed by atoms with E-state index in [0.29, 0.717) is 6.23 Å². The Bertz CT molecular complexity index is 208. The van der Waals surface area contributed by atoms with Gasteiger partial charge in [-0.05, 0) is 19.8 Å². The average Bonchev–Trinajstić information content (AvgIpc) is 2.41. The van der Waals surface area contributed by atoms with Gasteiger partial charge in [0.1, 0.15) is 6.23 Å². The number of rotatable bonds is 5. The van der Waals surface area contributed by atoms with Gasteiger partial charge in [-0.15, -0.1) is 0 Å². The number of piperidine rings is 1. The molecular weight excluding hydrogens is 216 g/mol. The van der Waals surface area contributed by atoms with Crippen LogP contribution in [0.4, 0.5) is 0 Å². The van der Waals surface area contributed by atoms with Crippen molar-refractivity contribution in [1.29, 1.82) is 0 Å². The van der Waals surface area contributed by atoms with Crippen LogP contribution in [0.3, 0.4) is 0 Å². The summed E-state index contributed by atoms with van der Waals surface area (Å²) in [7, 11) is 0. The van der Waals surface area contributed by atoms with Gasteiger partial charge in [0.25, 0.3) is 0 Å². The van der Waals surface area contributed by atoms with Crippen molar-refractivity contribution in [3.05, 3.63) is 0 Å². The van der Waals surface area contributed by atoms with Gasteiger partial charge in [0.2, 0.25) is 0 Å². The molecule has 0 aromatic heterocycles. The quantitative estimate of drug-likeness (QED) is 0.676. The van der Waals surface area contributed by atoms with Crippen molar-refractivity contribution >= 4 is 0 Å². The summed E-state index contributed by atoms with van der Waals surface area (Å²) >= 11 is 0. The van der Waals surface area contributed by atoms with Crippen molar-refractivity contribution in [2.24, 2.45) is 0 Å². The van der Waals surface area contributed by atoms with Crippen LogP contribution < -0.4 is 0 Å². The molecule has 2 rings (SSSR count). The van der Waals surface area contributed by atoms with Crippen LogP contribution in [0.25, 0.3) is 0 Å². The zero-order valence-corrected chi connectivity index (χ0v) is 11.1. The summed E-state index contributed by atoms with van der Waals surface area (Å²) in [6, 6.07) is 0. The van der Waals surface area contributed by atoms with E-state index in [0.717, 1.165) is 39.5 Å². The Morgan fingerprint density at radius 3 is 2.76 bits per heavy atom. The van der Waals surface area contributed by atoms with E-state index < -0.39 is 0 Å². The molecule has 0 aromatic rings. The monoisotopic (exact) mass is 242 g/mol. The minimum atomic E-state index is 0.325. The Morgan fingerprint density at radius 2 is 2.00 bits per heavy atom. The molecule has 2 aliphatic rings. The number of morpholine rings is 1. The molecule has 0 aromatic carbocycles. The minimum Gasteiger partial charge on any atom is -0.380 e. The summed E-state index contributed by atoms with van der Waals surface area (Å²) in [6.07, 6.45) is 4.38. The molecular formula is C13H26N2O2. The fourth-order valence-electron chi connectivity index (χ4n) is 2.65. The van der Waals surface area contributed by atoms with Gasteiger partial charge in [-0.2, -0.15) is 0 Å². The predicted octanol–water partition coefficient (Wildman–Crippen LogP) is 1.17. The van der Waals surface area contributed by atoms with Gasteiger partial charge in [0, 0.05) is 39.3 Å². The van der Waals surface area contributed by atoms with Gasteiger partial charge in [0.05, 0.1) is 13.2 Å². The fourth-order valence-corrected chi connectivity index (χ4v) is 2.65. The first-order chi connectivity index (χ1) is 8.40. The second kappa shape index (κ2) is 7.31. The van der Waals surface area contributed by atoms with Gasteiger partial charge in [-0.3, -0.25) is 9.80 Å². The highest BCUT2D eigenvalue weighted by Gasteiger charge is 2.26. The highest BCUT2D eigenvalue weighted by atomic mass is 16.5. The van der Waals surface area contributed by atoms with E-state index in [4.69, 9.17) is 9.47 Å². The topological polar surface area (TPSA) is 24.9 Å². The number of ether oxygens (including phenoxy) is 2. The number of hydrogen-bond acceptors (Lipinski definition) is 4. The van der Waals surface area contributed by atoms with E-state index in [1.165, 1.54) is 32.4 Å². The standard InChI is InChI=1S/C13H26N2O2/c1-2-16-10-8-14-9-11-17-13(12-14)15-6-4-3-5-7-15/h13H,2-12H2,1H3. The lowest BCUT2D eigenvalue weighted by atomic mass is 10.1. The maximum Gasteiger partial charge on any atom is 0.123 e. The van der Waals surface area contributed by atoms with Crippen LogP contribution >= 0.6 is 0 Å². The molecule has 1 atom stereocenters. The first-order valence-corrected chi connectivity index (χ1v) is 7.06. The molecule has 2 saturated heterocycles. The Kier molecular flexibility index (Phi) is 5.71. The van der Waals surface area contributed by atoms with Crippen molar-refractivity contribution < 1.29 is 9.47 Å². The van der Waals surface area contributed by atoms with Gasteiger partial charge in [-0.1, -0.05) is 6.42 Å². The smallest absolute Gasteiger partial charge is 0.123 e. The molecule has 1 unspecified atom stereocenters. The number of nitrogens with zero attached hydrogens (tertiary/aromatic N) is 2. The van der Waals surface area contributed by atoms with Gasteiger partial charge >= 0.3 is 0 Å². The SMILES string of the molecule is CCOCCN1CCOC(N2CCCCC2)C1. The Labute approximate surface area is 105 Å². The average molecular weight is 242 g/mol. The molecule has 0 bridgehead atoms. The summed E-state index contributed by atoms with van der Waals surface area (Å²) in [6.45, 7) is 10.2. The second-order valence-corrected chi connectivity index (χ2v) is 4.92. The zero-order valence-electron chi connectivity index (χ0n) is 11.1. The summed E-state index contributed by atoms with van der Waals surface area (Å²) in [5.41, 5.74) is 0. The van der Waals surface area contributed by atoms with Crippen molar-refractivity contribution in [1.82, 2.24) is 9.80 Å². The summed E-state index contributed by atoms with van der Waals surface area (Å²) in [5.74, 6) is 0. The molecule has 0 N–H and O–H groups in total. The molecule has 0 spiro atoms. The lowest BCUT2D eigenvalue weighted by Crippen LogP contribution is -2.52. The molecule has 4 heteroatoms. The van der Waals surface area contributed by atoms with Crippen molar-refractivity contribution in [2.45, 2.75) is 32.4 Å². The van der Waals surface area contributed by atoms with Crippen LogP contribution in [-0.2, 0) is 9.47 Å². The number of hydrogen-bond donors (Lipinski definition) is 0. The summed E-state index contributed by atoms with van der Waals surface area (Å²) in [5, 5.41) is 0. The Hall–Kier alpha value is -0.160. The van der Waals surface area contributed by atoms with Crippen LogP contribution in [0.2, 0.25) is 0 Å². The van der Waals surface area contributed by atoms with Crippen LogP contribution in [0.15, 0.2) is 0 Å². The third kappa shape index (κ3) is 4.21. The molecule has 0 amide bonds. The fraction of sp³-hybridized carbons (Fsp3) is 1.00. The van der Waals surface area contributed by atoms with Crippen molar-refractivity contribution in [3.63, 3.8) is 0 Å². The largest absolute Gasteiger partial charge is 0.380 e. The second-order valence-electron chi connectivity index (χ2n) is 4.92. The maximum absolute atomic E-state index is 5.90. The lowest BCUT2D eigenvalue weighted by Gasteiger charge is -2.40. The van der Waals surface area contributed by atoms with E-state index in [1.807, 2.05) is 0 Å². The third-order valence-corrected chi connectivity index (χ3v) is 3.69. The molecule has 0 saturated carbocycles. The molecule has 2 heterocycles. The molecule has 2 fully saturated rings. The molecule has 17 heavy (non-hydrogen) atoms. The van der Waals surface area contributed by atoms with Crippen LogP contribution in [0.5, 0.6) is 0 Å². The third-order valence-electron chi connectivity index (χ3n) is 3.69. The minimum absolute atomic E-state index is 0.325. The van der Waals surface area contributed by atoms with E-state index >= 15 is 0 Å².